The fourth-order valence-corrected chi connectivity index (χ4v) is 3.81. The Morgan fingerprint density at radius 3 is 2.73 bits per heavy atom. The van der Waals surface area contributed by atoms with Crippen molar-refractivity contribution in [2.24, 2.45) is 0 Å². The molecular formula is C15H16Cl2N2O3. The number of piperazine rings is 1. The van der Waals surface area contributed by atoms with Crippen LogP contribution in [-0.2, 0) is 9.59 Å². The summed E-state index contributed by atoms with van der Waals surface area (Å²) in [7, 11) is 1.63. The molecule has 0 saturated carbocycles. The highest BCUT2D eigenvalue weighted by Crippen LogP contribution is 2.43. The van der Waals surface area contributed by atoms with Crippen LogP contribution < -0.4 is 0 Å². The van der Waals surface area contributed by atoms with Gasteiger partial charge in [0.25, 0.3) is 0 Å². The van der Waals surface area contributed by atoms with Crippen LogP contribution in [0.4, 0.5) is 0 Å². The standard InChI is InChI=1S/C15H16Cl2N2O3/c1-18-7-12(21)19-5-4-8(6-10(19)15(18)22)13-11(20)3-2-9(16)14(13)17/h2-3,8,10,20H,4-7H2,1H3/t8-,10+/m1/s1. The molecule has 2 aliphatic heterocycles. The second-order valence-electron chi connectivity index (χ2n) is 5.81. The van der Waals surface area contributed by atoms with Crippen LogP contribution in [0.25, 0.3) is 0 Å². The smallest absolute Gasteiger partial charge is 0.245 e. The first-order chi connectivity index (χ1) is 10.4. The van der Waals surface area contributed by atoms with E-state index in [1.54, 1.807) is 18.0 Å². The summed E-state index contributed by atoms with van der Waals surface area (Å²) in [4.78, 5) is 27.5. The van der Waals surface area contributed by atoms with Crippen molar-refractivity contribution in [3.63, 3.8) is 0 Å². The van der Waals surface area contributed by atoms with Gasteiger partial charge in [-0.25, -0.2) is 0 Å². The summed E-state index contributed by atoms with van der Waals surface area (Å²) in [6, 6.07) is 2.57. The Bertz CT molecular complexity index is 650. The van der Waals surface area contributed by atoms with Gasteiger partial charge < -0.3 is 14.9 Å². The number of aromatic hydroxyl groups is 1. The molecule has 5 nitrogen and oxygen atoms in total. The molecule has 0 unspecified atom stereocenters. The monoisotopic (exact) mass is 342 g/mol. The van der Waals surface area contributed by atoms with E-state index in [4.69, 9.17) is 23.2 Å². The van der Waals surface area contributed by atoms with E-state index in [9.17, 15) is 14.7 Å². The molecule has 0 aliphatic carbocycles. The van der Waals surface area contributed by atoms with Gasteiger partial charge in [0.1, 0.15) is 11.8 Å². The van der Waals surface area contributed by atoms with Crippen LogP contribution in [0.2, 0.25) is 10.0 Å². The summed E-state index contributed by atoms with van der Waals surface area (Å²) >= 11 is 12.3. The predicted octanol–water partition coefficient (Wildman–Crippen LogP) is 2.25. The molecule has 1 N–H and O–H groups in total. The van der Waals surface area contributed by atoms with Gasteiger partial charge in [0.05, 0.1) is 16.6 Å². The number of halogens is 2. The number of hydrogen-bond donors (Lipinski definition) is 1. The number of amides is 2. The third kappa shape index (κ3) is 2.42. The molecule has 0 spiro atoms. The summed E-state index contributed by atoms with van der Waals surface area (Å²) in [6.45, 7) is 0.610. The van der Waals surface area contributed by atoms with Crippen LogP contribution in [0.1, 0.15) is 24.3 Å². The molecule has 1 aromatic rings. The molecule has 22 heavy (non-hydrogen) atoms. The molecule has 0 aromatic heterocycles. The zero-order valence-electron chi connectivity index (χ0n) is 12.1. The second-order valence-corrected chi connectivity index (χ2v) is 6.60. The Balaban J connectivity index is 1.92. The lowest BCUT2D eigenvalue weighted by atomic mass is 9.83. The fraction of sp³-hybridized carbons (Fsp3) is 0.467. The Hall–Kier alpha value is -1.46. The van der Waals surface area contributed by atoms with E-state index in [1.165, 1.54) is 11.0 Å². The van der Waals surface area contributed by atoms with Crippen molar-refractivity contribution in [3.8, 4) is 5.75 Å². The molecule has 7 heteroatoms. The van der Waals surface area contributed by atoms with Crippen molar-refractivity contribution in [3.05, 3.63) is 27.7 Å². The summed E-state index contributed by atoms with van der Waals surface area (Å²) in [5, 5.41) is 10.8. The summed E-state index contributed by atoms with van der Waals surface area (Å²) in [5.41, 5.74) is 0.572. The highest BCUT2D eigenvalue weighted by atomic mass is 35.5. The average molecular weight is 343 g/mol. The molecule has 1 aromatic carbocycles. The van der Waals surface area contributed by atoms with Crippen molar-refractivity contribution in [2.75, 3.05) is 20.1 Å². The van der Waals surface area contributed by atoms with E-state index in [1.807, 2.05) is 0 Å². The van der Waals surface area contributed by atoms with Gasteiger partial charge in [-0.2, -0.15) is 0 Å². The number of nitrogens with zero attached hydrogens (tertiary/aromatic N) is 2. The van der Waals surface area contributed by atoms with Gasteiger partial charge in [-0.15, -0.1) is 0 Å². The third-order valence-corrected chi connectivity index (χ3v) is 5.29. The number of rotatable bonds is 1. The fourth-order valence-electron chi connectivity index (χ4n) is 3.33. The lowest BCUT2D eigenvalue weighted by Crippen LogP contribution is -2.61. The van der Waals surface area contributed by atoms with E-state index in [-0.39, 0.29) is 30.0 Å². The van der Waals surface area contributed by atoms with E-state index in [0.717, 1.165) is 0 Å². The molecule has 2 heterocycles. The van der Waals surface area contributed by atoms with Gasteiger partial charge in [-0.05, 0) is 30.9 Å². The first kappa shape index (κ1) is 15.4. The molecule has 2 fully saturated rings. The highest BCUT2D eigenvalue weighted by Gasteiger charge is 2.42. The van der Waals surface area contributed by atoms with Crippen LogP contribution in [-0.4, -0.2) is 52.9 Å². The number of phenolic OH excluding ortho intramolecular Hbond substituents is 1. The van der Waals surface area contributed by atoms with E-state index in [2.05, 4.69) is 0 Å². The highest BCUT2D eigenvalue weighted by molar-refractivity contribution is 6.42. The zero-order valence-corrected chi connectivity index (χ0v) is 13.6. The Labute approximate surface area is 138 Å². The number of phenols is 1. The molecule has 0 bridgehead atoms. The van der Waals surface area contributed by atoms with Crippen molar-refractivity contribution in [2.45, 2.75) is 24.8 Å². The second kappa shape index (κ2) is 5.63. The summed E-state index contributed by atoms with van der Waals surface area (Å²) in [5.74, 6) is -0.125. The number of carbonyl (C=O) groups is 2. The van der Waals surface area contributed by atoms with Crippen LogP contribution in [0.15, 0.2) is 12.1 Å². The van der Waals surface area contributed by atoms with Gasteiger partial charge in [0, 0.05) is 19.2 Å². The maximum absolute atomic E-state index is 12.3. The maximum atomic E-state index is 12.3. The molecular weight excluding hydrogens is 327 g/mol. The quantitative estimate of drug-likeness (QED) is 0.851. The van der Waals surface area contributed by atoms with Gasteiger partial charge in [-0.3, -0.25) is 9.59 Å². The molecule has 2 aliphatic rings. The number of piperidine rings is 1. The number of carbonyl (C=O) groups excluding carboxylic acids is 2. The molecule has 0 radical (unpaired) electrons. The van der Waals surface area contributed by atoms with Crippen molar-refractivity contribution in [1.29, 1.82) is 0 Å². The normalized spacial score (nSPS) is 25.4. The average Bonchev–Trinajstić information content (AvgIpc) is 2.49. The lowest BCUT2D eigenvalue weighted by Gasteiger charge is -2.44. The molecule has 2 atom stereocenters. The number of likely N-dealkylation sites (N-methyl/N-ethyl adjacent to an activating group) is 1. The minimum atomic E-state index is -0.487. The summed E-state index contributed by atoms with van der Waals surface area (Å²) in [6.07, 6.45) is 1.09. The predicted molar refractivity (Wildman–Crippen MR) is 83.2 cm³/mol. The van der Waals surface area contributed by atoms with Gasteiger partial charge in [0.2, 0.25) is 11.8 Å². The van der Waals surface area contributed by atoms with E-state index < -0.39 is 6.04 Å². The number of hydrogen-bond acceptors (Lipinski definition) is 3. The maximum Gasteiger partial charge on any atom is 0.245 e. The van der Waals surface area contributed by atoms with E-state index >= 15 is 0 Å². The minimum Gasteiger partial charge on any atom is -0.508 e. The Morgan fingerprint density at radius 2 is 2.00 bits per heavy atom. The largest absolute Gasteiger partial charge is 0.508 e. The van der Waals surface area contributed by atoms with Crippen molar-refractivity contribution < 1.29 is 14.7 Å². The lowest BCUT2D eigenvalue weighted by molar-refractivity contribution is -0.156. The van der Waals surface area contributed by atoms with Crippen LogP contribution >= 0.6 is 23.2 Å². The third-order valence-electron chi connectivity index (χ3n) is 4.47. The molecule has 2 amide bonds. The zero-order chi connectivity index (χ0) is 16.0. The molecule has 3 rings (SSSR count). The van der Waals surface area contributed by atoms with Crippen LogP contribution in [0, 0.1) is 0 Å². The molecule has 2 saturated heterocycles. The first-order valence-electron chi connectivity index (χ1n) is 7.11. The van der Waals surface area contributed by atoms with Crippen molar-refractivity contribution in [1.82, 2.24) is 9.80 Å². The first-order valence-corrected chi connectivity index (χ1v) is 7.87. The SMILES string of the molecule is CN1CC(=O)N2CC[C@@H](c3c(O)ccc(Cl)c3Cl)C[C@H]2C1=O. The van der Waals surface area contributed by atoms with Crippen LogP contribution in [0.3, 0.4) is 0 Å². The topological polar surface area (TPSA) is 60.9 Å². The van der Waals surface area contributed by atoms with Gasteiger partial charge >= 0.3 is 0 Å². The van der Waals surface area contributed by atoms with E-state index in [0.29, 0.717) is 35.0 Å². The summed E-state index contributed by atoms with van der Waals surface area (Å²) < 4.78 is 0. The number of fused-ring (bicyclic) bond motifs is 1. The van der Waals surface area contributed by atoms with Crippen LogP contribution in [0.5, 0.6) is 5.75 Å². The number of benzene rings is 1. The minimum absolute atomic E-state index is 0.0352. The Kier molecular flexibility index (Phi) is 3.95. The van der Waals surface area contributed by atoms with Gasteiger partial charge in [0.15, 0.2) is 0 Å². The van der Waals surface area contributed by atoms with Crippen molar-refractivity contribution >= 4 is 35.0 Å². The van der Waals surface area contributed by atoms with Gasteiger partial charge in [-0.1, -0.05) is 23.2 Å². The Morgan fingerprint density at radius 1 is 1.27 bits per heavy atom. The molecule has 118 valence electrons.